The molecule has 4 aromatic rings. The van der Waals surface area contributed by atoms with Gasteiger partial charge in [0, 0.05) is 0 Å². The molecule has 250 valence electrons. The van der Waals surface area contributed by atoms with Crippen LogP contribution in [-0.2, 0) is 45.1 Å². The molecule has 0 radical (unpaired) electrons. The summed E-state index contributed by atoms with van der Waals surface area (Å²) in [6.07, 6.45) is 1.52. The minimum atomic E-state index is -1.68. The fourth-order valence-corrected chi connectivity index (χ4v) is 5.75. The molecule has 0 aliphatic carbocycles. The first-order valence-corrected chi connectivity index (χ1v) is 16.4. The Hall–Kier alpha value is -3.50. The number of halogens is 6. The third-order valence-corrected chi connectivity index (χ3v) is 8.89. The van der Waals surface area contributed by atoms with Crippen molar-refractivity contribution >= 4 is 93.5 Å². The Morgan fingerprint density at radius 2 is 0.875 bits per heavy atom. The van der Waals surface area contributed by atoms with Gasteiger partial charge in [-0.15, -0.1) is 0 Å². The number of aryl methyl sites for hydroxylation is 2. The zero-order valence-corrected chi connectivity index (χ0v) is 29.7. The quantitative estimate of drug-likeness (QED) is 0.0679. The maximum atomic E-state index is 13.2. The van der Waals surface area contributed by atoms with E-state index in [0.717, 1.165) is 36.1 Å². The van der Waals surface area contributed by atoms with E-state index in [1.54, 1.807) is 24.3 Å². The molecule has 4 aromatic carbocycles. The molecule has 0 saturated heterocycles. The van der Waals surface area contributed by atoms with Crippen molar-refractivity contribution < 1.29 is 38.1 Å². The van der Waals surface area contributed by atoms with Gasteiger partial charge >= 0.3 is 23.9 Å². The summed E-state index contributed by atoms with van der Waals surface area (Å²) >= 11 is 37.4. The SMILES string of the molecule is CCc1cccc(COC(=O)c2c(Cl)c(Cl)cc(Cl)c2OC(=O)C(=O)Oc2c(Cl)cc(Cl)c(Cl)c2C(=O)OCc2cccc(CC)c2)c1. The van der Waals surface area contributed by atoms with Crippen LogP contribution < -0.4 is 9.47 Å². The zero-order chi connectivity index (χ0) is 35.1. The fourth-order valence-electron chi connectivity index (χ4n) is 4.31. The normalized spacial score (nSPS) is 10.8. The number of carbonyl (C=O) groups is 4. The predicted molar refractivity (Wildman–Crippen MR) is 184 cm³/mol. The van der Waals surface area contributed by atoms with E-state index in [9.17, 15) is 19.2 Å². The van der Waals surface area contributed by atoms with Crippen molar-refractivity contribution in [3.8, 4) is 11.5 Å². The summed E-state index contributed by atoms with van der Waals surface area (Å²) in [4.78, 5) is 52.3. The van der Waals surface area contributed by atoms with Gasteiger partial charge in [-0.05, 0) is 47.2 Å². The molecule has 4 rings (SSSR count). The van der Waals surface area contributed by atoms with Crippen molar-refractivity contribution in [1.29, 1.82) is 0 Å². The van der Waals surface area contributed by atoms with Gasteiger partial charge in [-0.3, -0.25) is 0 Å². The van der Waals surface area contributed by atoms with Crippen LogP contribution in [0, 0.1) is 0 Å². The van der Waals surface area contributed by atoms with E-state index in [-0.39, 0.29) is 43.3 Å². The van der Waals surface area contributed by atoms with E-state index in [0.29, 0.717) is 11.1 Å². The maximum Gasteiger partial charge on any atom is 0.423 e. The second kappa shape index (κ2) is 16.7. The zero-order valence-electron chi connectivity index (χ0n) is 25.1. The van der Waals surface area contributed by atoms with Crippen LogP contribution in [-0.4, -0.2) is 23.9 Å². The third-order valence-electron chi connectivity index (χ3n) is 6.76. The van der Waals surface area contributed by atoms with Crippen LogP contribution in [0.1, 0.15) is 56.8 Å². The summed E-state index contributed by atoms with van der Waals surface area (Å²) in [5.74, 6) is -6.73. The average molecular weight is 773 g/mol. The molecule has 0 aliphatic rings. The van der Waals surface area contributed by atoms with Crippen molar-refractivity contribution in [1.82, 2.24) is 0 Å². The highest BCUT2D eigenvalue weighted by Crippen LogP contribution is 2.42. The third kappa shape index (κ3) is 8.94. The summed E-state index contributed by atoms with van der Waals surface area (Å²) in [6, 6.07) is 16.8. The highest BCUT2D eigenvalue weighted by Gasteiger charge is 2.32. The average Bonchev–Trinajstić information content (AvgIpc) is 3.07. The molecule has 0 heterocycles. The molecular formula is C34H24Cl6O8. The van der Waals surface area contributed by atoms with Crippen LogP contribution in [0.15, 0.2) is 60.7 Å². The van der Waals surface area contributed by atoms with Gasteiger partial charge in [-0.1, -0.05) is 132 Å². The van der Waals surface area contributed by atoms with E-state index < -0.39 is 46.5 Å². The van der Waals surface area contributed by atoms with Crippen LogP contribution in [0.3, 0.4) is 0 Å². The van der Waals surface area contributed by atoms with Gasteiger partial charge in [0.1, 0.15) is 24.3 Å². The molecule has 0 fully saturated rings. The number of ether oxygens (including phenoxy) is 4. The van der Waals surface area contributed by atoms with Crippen LogP contribution in [0.2, 0.25) is 30.1 Å². The van der Waals surface area contributed by atoms with E-state index in [1.807, 2.05) is 38.1 Å². The first kappa shape index (κ1) is 37.3. The molecule has 0 aromatic heterocycles. The molecule has 48 heavy (non-hydrogen) atoms. The number of rotatable bonds is 10. The molecule has 14 heteroatoms. The summed E-state index contributed by atoms with van der Waals surface area (Å²) in [6.45, 7) is 3.61. The summed E-state index contributed by atoms with van der Waals surface area (Å²) in [7, 11) is 0. The molecule has 0 saturated carbocycles. The molecule has 0 bridgehead atoms. The molecule has 0 amide bonds. The first-order chi connectivity index (χ1) is 22.8. The number of hydrogen-bond donors (Lipinski definition) is 0. The lowest BCUT2D eigenvalue weighted by molar-refractivity contribution is -0.156. The van der Waals surface area contributed by atoms with Crippen molar-refractivity contribution in [3.05, 3.63) is 124 Å². The van der Waals surface area contributed by atoms with E-state index in [2.05, 4.69) is 0 Å². The van der Waals surface area contributed by atoms with Gasteiger partial charge in [-0.25, -0.2) is 19.2 Å². The van der Waals surface area contributed by atoms with Gasteiger partial charge in [0.15, 0.2) is 11.5 Å². The van der Waals surface area contributed by atoms with Gasteiger partial charge < -0.3 is 18.9 Å². The van der Waals surface area contributed by atoms with Gasteiger partial charge in [0.2, 0.25) is 0 Å². The molecular weight excluding hydrogens is 749 g/mol. The molecule has 8 nitrogen and oxygen atoms in total. The van der Waals surface area contributed by atoms with Crippen molar-refractivity contribution in [2.24, 2.45) is 0 Å². The molecule has 0 aliphatic heterocycles. The lowest BCUT2D eigenvalue weighted by Crippen LogP contribution is -2.27. The summed E-state index contributed by atoms with van der Waals surface area (Å²) < 4.78 is 21.1. The number of benzene rings is 4. The van der Waals surface area contributed by atoms with Gasteiger partial charge in [-0.2, -0.15) is 0 Å². The monoisotopic (exact) mass is 770 g/mol. The van der Waals surface area contributed by atoms with E-state index in [4.69, 9.17) is 88.6 Å². The van der Waals surface area contributed by atoms with Crippen LogP contribution in [0.5, 0.6) is 11.5 Å². The van der Waals surface area contributed by atoms with Crippen LogP contribution in [0.25, 0.3) is 0 Å². The number of esters is 4. The lowest BCUT2D eigenvalue weighted by atomic mass is 10.1. The van der Waals surface area contributed by atoms with Crippen molar-refractivity contribution in [2.45, 2.75) is 39.9 Å². The van der Waals surface area contributed by atoms with E-state index >= 15 is 0 Å². The molecule has 0 N–H and O–H groups in total. The Labute approximate surface area is 305 Å². The minimum Gasteiger partial charge on any atom is -0.457 e. The Morgan fingerprint density at radius 1 is 0.521 bits per heavy atom. The summed E-state index contributed by atoms with van der Waals surface area (Å²) in [5, 5.41) is -1.73. The number of hydrogen-bond acceptors (Lipinski definition) is 8. The van der Waals surface area contributed by atoms with Crippen molar-refractivity contribution in [3.63, 3.8) is 0 Å². The van der Waals surface area contributed by atoms with Gasteiger partial charge in [0.25, 0.3) is 0 Å². The minimum absolute atomic E-state index is 0.156. The summed E-state index contributed by atoms with van der Waals surface area (Å²) in [5.41, 5.74) is 2.34. The van der Waals surface area contributed by atoms with E-state index in [1.165, 1.54) is 0 Å². The van der Waals surface area contributed by atoms with Crippen molar-refractivity contribution in [2.75, 3.05) is 0 Å². The Bertz CT molecular complexity index is 1770. The Kier molecular flexibility index (Phi) is 13.0. The Balaban J connectivity index is 1.57. The highest BCUT2D eigenvalue weighted by molar-refractivity contribution is 6.47. The maximum absolute atomic E-state index is 13.2. The smallest absolute Gasteiger partial charge is 0.423 e. The second-order valence-corrected chi connectivity index (χ2v) is 12.4. The second-order valence-electron chi connectivity index (χ2n) is 9.99. The molecule has 0 atom stereocenters. The first-order valence-electron chi connectivity index (χ1n) is 14.1. The van der Waals surface area contributed by atoms with Gasteiger partial charge in [0.05, 0.1) is 30.1 Å². The molecule has 0 spiro atoms. The number of carbonyl (C=O) groups excluding carboxylic acids is 4. The van der Waals surface area contributed by atoms with Crippen LogP contribution in [0.4, 0.5) is 0 Å². The van der Waals surface area contributed by atoms with Crippen LogP contribution >= 0.6 is 69.6 Å². The largest absolute Gasteiger partial charge is 0.457 e. The highest BCUT2D eigenvalue weighted by atomic mass is 35.5. The standard InChI is InChI=1S/C34H24Cl6O8/c1-3-17-7-5-9-19(11-17)15-45-31(41)25-27(39)21(35)13-23(37)29(25)47-33(43)34(44)48-30-24(38)14-22(36)28(40)26(30)32(42)46-16-20-10-6-8-18(4-2)12-20/h5-14H,3-4,15-16H2,1-2H3. The molecule has 0 unspecified atom stereocenters. The topological polar surface area (TPSA) is 105 Å². The Morgan fingerprint density at radius 3 is 1.23 bits per heavy atom. The predicted octanol–water partition coefficient (Wildman–Crippen LogP) is 9.96. The fraction of sp³-hybridized carbons (Fsp3) is 0.176. The lowest BCUT2D eigenvalue weighted by Gasteiger charge is -2.16.